The molecular weight excluding hydrogens is 334 g/mol. The number of nitrogens with one attached hydrogen (secondary N) is 1. The molecule has 0 atom stereocenters. The molecule has 0 bridgehead atoms. The first-order valence-corrected chi connectivity index (χ1v) is 8.36. The number of hydrogen-bond donors (Lipinski definition) is 1. The van der Waals surface area contributed by atoms with Gasteiger partial charge in [-0.2, -0.15) is 5.10 Å². The third kappa shape index (κ3) is 3.80. The second kappa shape index (κ2) is 7.36. The van der Waals surface area contributed by atoms with Crippen LogP contribution >= 0.6 is 11.6 Å². The minimum atomic E-state index is -0.236. The number of rotatable bonds is 5. The van der Waals surface area contributed by atoms with Gasteiger partial charge in [-0.05, 0) is 55.0 Å². The lowest BCUT2D eigenvalue weighted by Gasteiger charge is -2.03. The minimum absolute atomic E-state index is 0.236. The highest BCUT2D eigenvalue weighted by atomic mass is 35.5. The summed E-state index contributed by atoms with van der Waals surface area (Å²) in [5, 5.41) is 9.13. The van der Waals surface area contributed by atoms with E-state index < -0.39 is 0 Å². The fourth-order valence-corrected chi connectivity index (χ4v) is 2.71. The maximum absolute atomic E-state index is 11.5. The Labute approximate surface area is 151 Å². The Morgan fingerprint density at radius 2 is 2.00 bits per heavy atom. The van der Waals surface area contributed by atoms with Crippen molar-refractivity contribution in [3.05, 3.63) is 71.4 Å². The van der Waals surface area contributed by atoms with E-state index in [1.807, 2.05) is 66.2 Å². The van der Waals surface area contributed by atoms with Gasteiger partial charge < -0.3 is 5.32 Å². The van der Waals surface area contributed by atoms with Crippen LogP contribution in [-0.2, 0) is 11.3 Å². The third-order valence-electron chi connectivity index (χ3n) is 3.84. The van der Waals surface area contributed by atoms with Crippen molar-refractivity contribution in [2.75, 3.05) is 5.32 Å². The summed E-state index contributed by atoms with van der Waals surface area (Å²) in [7, 11) is 0. The smallest absolute Gasteiger partial charge is 0.247 e. The zero-order chi connectivity index (χ0) is 17.8. The van der Waals surface area contributed by atoms with Crippen LogP contribution in [0.2, 0.25) is 5.02 Å². The predicted octanol–water partition coefficient (Wildman–Crippen LogP) is 5.00. The summed E-state index contributed by atoms with van der Waals surface area (Å²) in [5.74, 6) is -0.236. The van der Waals surface area contributed by atoms with Crippen molar-refractivity contribution >= 4 is 46.3 Å². The number of carbonyl (C=O) groups excluding carboxylic acids is 1. The normalized spacial score (nSPS) is 11.1. The number of amides is 1. The molecular formula is C20H18ClN3O. The second-order valence-electron chi connectivity index (χ2n) is 5.51. The van der Waals surface area contributed by atoms with E-state index in [0.717, 1.165) is 28.7 Å². The highest BCUT2D eigenvalue weighted by Crippen LogP contribution is 2.25. The molecule has 126 valence electrons. The maximum atomic E-state index is 11.5. The van der Waals surface area contributed by atoms with E-state index in [0.29, 0.717) is 10.7 Å². The van der Waals surface area contributed by atoms with Gasteiger partial charge in [-0.1, -0.05) is 36.4 Å². The van der Waals surface area contributed by atoms with E-state index >= 15 is 0 Å². The number of anilines is 1. The summed E-state index contributed by atoms with van der Waals surface area (Å²) in [5.41, 5.74) is 3.63. The summed E-state index contributed by atoms with van der Waals surface area (Å²) < 4.78 is 1.94. The summed E-state index contributed by atoms with van der Waals surface area (Å²) in [6.45, 7) is 6.29. The van der Waals surface area contributed by atoms with Crippen molar-refractivity contribution in [1.29, 1.82) is 0 Å². The van der Waals surface area contributed by atoms with Crippen LogP contribution in [0.1, 0.15) is 18.2 Å². The Balaban J connectivity index is 2.00. The molecule has 0 saturated carbocycles. The molecule has 0 aliphatic carbocycles. The van der Waals surface area contributed by atoms with E-state index in [1.54, 1.807) is 0 Å². The van der Waals surface area contributed by atoms with Crippen molar-refractivity contribution in [1.82, 2.24) is 9.78 Å². The molecule has 3 rings (SSSR count). The summed E-state index contributed by atoms with van der Waals surface area (Å²) in [4.78, 5) is 11.5. The molecule has 0 aliphatic heterocycles. The number of carbonyl (C=O) groups is 1. The van der Waals surface area contributed by atoms with Gasteiger partial charge in [-0.3, -0.25) is 9.48 Å². The number of aromatic nitrogens is 2. The summed E-state index contributed by atoms with van der Waals surface area (Å²) in [6, 6.07) is 13.4. The van der Waals surface area contributed by atoms with Gasteiger partial charge in [-0.15, -0.1) is 0 Å². The fourth-order valence-electron chi connectivity index (χ4n) is 2.59. The van der Waals surface area contributed by atoms with Crippen molar-refractivity contribution in [3.8, 4) is 0 Å². The number of halogens is 1. The molecule has 0 saturated heterocycles. The monoisotopic (exact) mass is 351 g/mol. The number of nitrogens with zero attached hydrogens (tertiary/aromatic N) is 2. The van der Waals surface area contributed by atoms with Crippen LogP contribution < -0.4 is 5.32 Å². The highest BCUT2D eigenvalue weighted by molar-refractivity contribution is 6.30. The Kier molecular flexibility index (Phi) is 5.00. The largest absolute Gasteiger partial charge is 0.323 e. The van der Waals surface area contributed by atoms with Crippen LogP contribution in [0.3, 0.4) is 0 Å². The topological polar surface area (TPSA) is 46.9 Å². The molecule has 5 heteroatoms. The van der Waals surface area contributed by atoms with Crippen LogP contribution in [0.4, 0.5) is 5.69 Å². The molecule has 0 spiro atoms. The van der Waals surface area contributed by atoms with Crippen molar-refractivity contribution in [3.63, 3.8) is 0 Å². The standard InChI is InChI=1S/C20H18ClN3O/c1-3-20(25)22-16-10-12-19-17(13-16)18(23-24(19)4-2)11-7-14-5-8-15(21)9-6-14/h3,5-13H,1,4H2,2H3,(H,22,25)/b11-7+. The molecule has 1 heterocycles. The second-order valence-corrected chi connectivity index (χ2v) is 5.95. The van der Waals surface area contributed by atoms with Crippen LogP contribution in [0.25, 0.3) is 23.1 Å². The van der Waals surface area contributed by atoms with Gasteiger partial charge in [0.25, 0.3) is 0 Å². The van der Waals surface area contributed by atoms with E-state index in [9.17, 15) is 4.79 Å². The van der Waals surface area contributed by atoms with Crippen molar-refractivity contribution < 1.29 is 4.79 Å². The molecule has 1 N–H and O–H groups in total. The van der Waals surface area contributed by atoms with Crippen molar-refractivity contribution in [2.45, 2.75) is 13.5 Å². The Morgan fingerprint density at radius 1 is 1.24 bits per heavy atom. The minimum Gasteiger partial charge on any atom is -0.323 e. The zero-order valence-electron chi connectivity index (χ0n) is 13.9. The average Bonchev–Trinajstić information content (AvgIpc) is 2.98. The first-order valence-electron chi connectivity index (χ1n) is 7.98. The lowest BCUT2D eigenvalue weighted by atomic mass is 10.1. The van der Waals surface area contributed by atoms with Gasteiger partial charge in [0.05, 0.1) is 11.2 Å². The van der Waals surface area contributed by atoms with E-state index in [1.165, 1.54) is 6.08 Å². The number of benzene rings is 2. The van der Waals surface area contributed by atoms with Gasteiger partial charge in [0.15, 0.2) is 0 Å². The highest BCUT2D eigenvalue weighted by Gasteiger charge is 2.09. The number of aryl methyl sites for hydroxylation is 1. The predicted molar refractivity (Wildman–Crippen MR) is 105 cm³/mol. The molecule has 0 fully saturated rings. The summed E-state index contributed by atoms with van der Waals surface area (Å²) in [6.07, 6.45) is 5.21. The molecule has 2 aromatic carbocycles. The fraction of sp³-hybridized carbons (Fsp3) is 0.100. The molecule has 0 radical (unpaired) electrons. The molecule has 4 nitrogen and oxygen atoms in total. The van der Waals surface area contributed by atoms with Gasteiger partial charge in [0, 0.05) is 22.6 Å². The molecule has 25 heavy (non-hydrogen) atoms. The van der Waals surface area contributed by atoms with Gasteiger partial charge in [0.2, 0.25) is 5.91 Å². The molecule has 1 aromatic heterocycles. The zero-order valence-corrected chi connectivity index (χ0v) is 14.6. The van der Waals surface area contributed by atoms with Gasteiger partial charge >= 0.3 is 0 Å². The molecule has 3 aromatic rings. The van der Waals surface area contributed by atoms with Crippen molar-refractivity contribution in [2.24, 2.45) is 0 Å². The first kappa shape index (κ1) is 17.0. The quantitative estimate of drug-likeness (QED) is 0.657. The maximum Gasteiger partial charge on any atom is 0.247 e. The van der Waals surface area contributed by atoms with Gasteiger partial charge in [0.1, 0.15) is 0 Å². The Morgan fingerprint density at radius 3 is 2.68 bits per heavy atom. The average molecular weight is 352 g/mol. The number of fused-ring (bicyclic) bond motifs is 1. The molecule has 1 amide bonds. The van der Waals surface area contributed by atoms with Gasteiger partial charge in [-0.25, -0.2) is 0 Å². The SMILES string of the molecule is C=CC(=O)Nc1ccc2c(c1)c(/C=C/c1ccc(Cl)cc1)nn2CC. The van der Waals surface area contributed by atoms with E-state index in [4.69, 9.17) is 11.6 Å². The van der Waals surface area contributed by atoms with E-state index in [-0.39, 0.29) is 5.91 Å². The first-order chi connectivity index (χ1) is 12.1. The molecule has 0 unspecified atom stereocenters. The molecule has 0 aliphatic rings. The van der Waals surface area contributed by atoms with Crippen LogP contribution in [-0.4, -0.2) is 15.7 Å². The van der Waals surface area contributed by atoms with Crippen LogP contribution in [0.5, 0.6) is 0 Å². The summed E-state index contributed by atoms with van der Waals surface area (Å²) >= 11 is 5.92. The Bertz CT molecular complexity index is 955. The van der Waals surface area contributed by atoms with E-state index in [2.05, 4.69) is 17.0 Å². The van der Waals surface area contributed by atoms with Crippen LogP contribution in [0, 0.1) is 0 Å². The van der Waals surface area contributed by atoms with Crippen LogP contribution in [0.15, 0.2) is 55.1 Å². The number of hydrogen-bond acceptors (Lipinski definition) is 2. The lowest BCUT2D eigenvalue weighted by molar-refractivity contribution is -0.111. The third-order valence-corrected chi connectivity index (χ3v) is 4.09. The Hall–Kier alpha value is -2.85. The lowest BCUT2D eigenvalue weighted by Crippen LogP contribution is -2.06.